The normalized spacial score (nSPS) is 16.2. The van der Waals surface area contributed by atoms with Crippen molar-refractivity contribution in [3.05, 3.63) is 0 Å². The Hall–Kier alpha value is -1.69. The second kappa shape index (κ2) is 10.1. The van der Waals surface area contributed by atoms with E-state index < -0.39 is 36.4 Å². The molecular weight excluding hydrogens is 282 g/mol. The molecule has 0 aromatic heterocycles. The summed E-state index contributed by atoms with van der Waals surface area (Å²) in [5, 5.41) is 9.05. The first-order chi connectivity index (χ1) is 9.90. The minimum atomic E-state index is -0.935. The van der Waals surface area contributed by atoms with Gasteiger partial charge in [-0.3, -0.25) is 9.59 Å². The average Bonchev–Trinajstić information content (AvgIpc) is 2.43. The van der Waals surface area contributed by atoms with Crippen molar-refractivity contribution in [2.75, 3.05) is 27.9 Å². The Bertz CT molecular complexity index is 379. The van der Waals surface area contributed by atoms with Crippen LogP contribution in [0, 0.1) is 11.3 Å². The summed E-state index contributed by atoms with van der Waals surface area (Å²) in [6, 6.07) is 1.92. The van der Waals surface area contributed by atoms with Gasteiger partial charge in [0.2, 0.25) is 0 Å². The number of carbonyl (C=O) groups is 2. The van der Waals surface area contributed by atoms with Crippen molar-refractivity contribution in [2.45, 2.75) is 38.3 Å². The van der Waals surface area contributed by atoms with E-state index in [1.807, 2.05) is 6.07 Å². The molecule has 4 atom stereocenters. The molecule has 8 nitrogen and oxygen atoms in total. The molecule has 0 N–H and O–H groups in total. The molecule has 21 heavy (non-hydrogen) atoms. The number of methoxy groups -OCH3 is 3. The third kappa shape index (κ3) is 6.53. The van der Waals surface area contributed by atoms with Crippen LogP contribution in [0.5, 0.6) is 0 Å². The molecule has 4 unspecified atom stereocenters. The van der Waals surface area contributed by atoms with Crippen LogP contribution < -0.4 is 0 Å². The third-order valence-electron chi connectivity index (χ3n) is 2.68. The monoisotopic (exact) mass is 303 g/mol. The van der Waals surface area contributed by atoms with Crippen molar-refractivity contribution in [3.63, 3.8) is 0 Å². The van der Waals surface area contributed by atoms with E-state index in [9.17, 15) is 9.59 Å². The lowest BCUT2D eigenvalue weighted by Gasteiger charge is -2.32. The first-order valence-corrected chi connectivity index (χ1v) is 6.19. The second-order valence-corrected chi connectivity index (χ2v) is 4.14. The van der Waals surface area contributed by atoms with Crippen LogP contribution in [0.25, 0.3) is 0 Å². The van der Waals surface area contributed by atoms with E-state index in [4.69, 9.17) is 28.9 Å². The van der Waals surface area contributed by atoms with Crippen molar-refractivity contribution < 1.29 is 33.3 Å². The van der Waals surface area contributed by atoms with Crippen LogP contribution in [-0.4, -0.2) is 64.3 Å². The number of hydrogen-bond acceptors (Lipinski definition) is 8. The molecule has 0 saturated heterocycles. The Morgan fingerprint density at radius 3 is 1.90 bits per heavy atom. The largest absolute Gasteiger partial charge is 0.462 e. The Labute approximate surface area is 123 Å². The number of hydrogen-bond donors (Lipinski definition) is 0. The van der Waals surface area contributed by atoms with Gasteiger partial charge in [-0.15, -0.1) is 0 Å². The molecule has 0 aliphatic carbocycles. The molecule has 0 heterocycles. The average molecular weight is 303 g/mol. The number of nitrogens with zero attached hydrogens (tertiary/aromatic N) is 1. The zero-order valence-corrected chi connectivity index (χ0v) is 12.8. The van der Waals surface area contributed by atoms with Gasteiger partial charge in [0.25, 0.3) is 0 Å². The molecule has 120 valence electrons. The highest BCUT2D eigenvalue weighted by Crippen LogP contribution is 2.17. The van der Waals surface area contributed by atoms with Gasteiger partial charge in [-0.25, -0.2) is 0 Å². The van der Waals surface area contributed by atoms with E-state index in [2.05, 4.69) is 0 Å². The van der Waals surface area contributed by atoms with Crippen molar-refractivity contribution in [3.8, 4) is 6.07 Å². The molecule has 0 rings (SSSR count). The van der Waals surface area contributed by atoms with Crippen LogP contribution in [0.4, 0.5) is 0 Å². The summed E-state index contributed by atoms with van der Waals surface area (Å²) in [6.07, 6.45) is -3.53. The fourth-order valence-electron chi connectivity index (χ4n) is 1.80. The van der Waals surface area contributed by atoms with Gasteiger partial charge in [-0.05, 0) is 0 Å². The molecule has 0 aromatic carbocycles. The maximum atomic E-state index is 11.2. The lowest BCUT2D eigenvalue weighted by atomic mass is 10.0. The maximum absolute atomic E-state index is 11.2. The van der Waals surface area contributed by atoms with Crippen molar-refractivity contribution >= 4 is 11.9 Å². The summed E-state index contributed by atoms with van der Waals surface area (Å²) in [5.74, 6) is -1.10. The molecular formula is C13H21NO7. The van der Waals surface area contributed by atoms with Gasteiger partial charge < -0.3 is 23.7 Å². The van der Waals surface area contributed by atoms with Gasteiger partial charge in [0.05, 0.1) is 6.07 Å². The van der Waals surface area contributed by atoms with Crippen molar-refractivity contribution in [2.24, 2.45) is 0 Å². The van der Waals surface area contributed by atoms with Crippen LogP contribution in [0.1, 0.15) is 13.8 Å². The highest BCUT2D eigenvalue weighted by molar-refractivity contribution is 5.67. The molecule has 0 aliphatic heterocycles. The number of esters is 2. The summed E-state index contributed by atoms with van der Waals surface area (Å²) in [4.78, 5) is 22.1. The smallest absolute Gasteiger partial charge is 0.303 e. The predicted octanol–water partition coefficient (Wildman–Crippen LogP) is 0.0498. The topological polar surface area (TPSA) is 104 Å². The number of ether oxygens (including phenoxy) is 5. The summed E-state index contributed by atoms with van der Waals surface area (Å²) in [7, 11) is 4.08. The van der Waals surface area contributed by atoms with Crippen LogP contribution in [0.3, 0.4) is 0 Å². The van der Waals surface area contributed by atoms with Gasteiger partial charge in [-0.1, -0.05) is 0 Å². The molecule has 0 amide bonds. The van der Waals surface area contributed by atoms with Gasteiger partial charge >= 0.3 is 11.9 Å². The molecule has 0 aromatic rings. The van der Waals surface area contributed by atoms with E-state index in [-0.39, 0.29) is 6.61 Å². The zero-order chi connectivity index (χ0) is 16.4. The zero-order valence-electron chi connectivity index (χ0n) is 12.8. The third-order valence-corrected chi connectivity index (χ3v) is 2.68. The van der Waals surface area contributed by atoms with Crippen molar-refractivity contribution in [1.29, 1.82) is 5.26 Å². The fraction of sp³-hybridized carbons (Fsp3) is 0.769. The quantitative estimate of drug-likeness (QED) is 0.550. The van der Waals surface area contributed by atoms with Gasteiger partial charge in [-0.2, -0.15) is 5.26 Å². The second-order valence-electron chi connectivity index (χ2n) is 4.14. The summed E-state index contributed by atoms with van der Waals surface area (Å²) >= 11 is 0. The molecule has 0 radical (unpaired) electrons. The molecule has 0 saturated carbocycles. The van der Waals surface area contributed by atoms with E-state index in [0.717, 1.165) is 0 Å². The van der Waals surface area contributed by atoms with Crippen LogP contribution in [0.15, 0.2) is 0 Å². The van der Waals surface area contributed by atoms with E-state index in [1.54, 1.807) is 0 Å². The summed E-state index contributed by atoms with van der Waals surface area (Å²) in [6.45, 7) is 2.23. The highest BCUT2D eigenvalue weighted by atomic mass is 16.6. The number of rotatable bonds is 9. The summed E-state index contributed by atoms with van der Waals surface area (Å²) < 4.78 is 25.4. The SMILES string of the molecule is COC(C#N)C(OC)C(OC)C(COC(C)=O)OC(C)=O. The van der Waals surface area contributed by atoms with E-state index in [1.165, 1.54) is 35.2 Å². The lowest BCUT2D eigenvalue weighted by Crippen LogP contribution is -2.50. The molecule has 0 aliphatic rings. The Morgan fingerprint density at radius 1 is 1.00 bits per heavy atom. The van der Waals surface area contributed by atoms with Gasteiger partial charge in [0.15, 0.2) is 12.2 Å². The van der Waals surface area contributed by atoms with Crippen LogP contribution in [-0.2, 0) is 33.3 Å². The first-order valence-electron chi connectivity index (χ1n) is 6.19. The van der Waals surface area contributed by atoms with E-state index in [0.29, 0.717) is 0 Å². The Kier molecular flexibility index (Phi) is 9.28. The van der Waals surface area contributed by atoms with Crippen LogP contribution >= 0.6 is 0 Å². The fourth-order valence-corrected chi connectivity index (χ4v) is 1.80. The van der Waals surface area contributed by atoms with Crippen LogP contribution in [0.2, 0.25) is 0 Å². The predicted molar refractivity (Wildman–Crippen MR) is 70.2 cm³/mol. The molecule has 0 spiro atoms. The summed E-state index contributed by atoms with van der Waals surface area (Å²) in [5.41, 5.74) is 0. The van der Waals surface area contributed by atoms with Gasteiger partial charge in [0.1, 0.15) is 18.8 Å². The number of carbonyl (C=O) groups excluding carboxylic acids is 2. The molecule has 8 heteroatoms. The molecule has 0 fully saturated rings. The lowest BCUT2D eigenvalue weighted by molar-refractivity contribution is -0.180. The van der Waals surface area contributed by atoms with E-state index >= 15 is 0 Å². The minimum absolute atomic E-state index is 0.213. The highest BCUT2D eigenvalue weighted by Gasteiger charge is 2.38. The Balaban J connectivity index is 5.19. The van der Waals surface area contributed by atoms with Crippen molar-refractivity contribution in [1.82, 2.24) is 0 Å². The number of nitriles is 1. The first kappa shape index (κ1) is 19.3. The minimum Gasteiger partial charge on any atom is -0.462 e. The standard InChI is InChI=1S/C13H21NO7/c1-8(15)20-7-11(21-9(2)16)13(19-5)12(18-4)10(6-14)17-3/h10-13H,7H2,1-5H3. The van der Waals surface area contributed by atoms with Gasteiger partial charge in [0, 0.05) is 35.2 Å². The Morgan fingerprint density at radius 2 is 1.57 bits per heavy atom. The maximum Gasteiger partial charge on any atom is 0.303 e. The molecule has 0 bridgehead atoms.